The van der Waals surface area contributed by atoms with Crippen LogP contribution in [0.15, 0.2) is 30.3 Å². The Morgan fingerprint density at radius 1 is 1.43 bits per heavy atom. The number of β-amino-alcohol motifs (C(OH)–C–C–N with tert-alkyl or cyclic N) is 1. The second-order valence-corrected chi connectivity index (χ2v) is 6.03. The van der Waals surface area contributed by atoms with Crippen LogP contribution in [-0.2, 0) is 4.79 Å². The third kappa shape index (κ3) is 4.27. The summed E-state index contributed by atoms with van der Waals surface area (Å²) >= 11 is 0. The molecule has 1 aliphatic rings. The van der Waals surface area contributed by atoms with E-state index in [9.17, 15) is 9.90 Å². The third-order valence-corrected chi connectivity index (χ3v) is 3.93. The molecular weight excluding hydrogens is 266 g/mol. The van der Waals surface area contributed by atoms with Crippen LogP contribution in [0.1, 0.15) is 13.3 Å². The van der Waals surface area contributed by atoms with Gasteiger partial charge in [-0.3, -0.25) is 9.69 Å². The highest BCUT2D eigenvalue weighted by Gasteiger charge is 2.36. The second kappa shape index (κ2) is 7.02. The van der Waals surface area contributed by atoms with E-state index >= 15 is 0 Å². The molecule has 1 aromatic carbocycles. The Morgan fingerprint density at radius 2 is 2.10 bits per heavy atom. The minimum Gasteiger partial charge on any atom is -0.392 e. The number of hydrogen-bond donors (Lipinski definition) is 2. The lowest BCUT2D eigenvalue weighted by atomic mass is 10.1. The predicted octanol–water partition coefficient (Wildman–Crippen LogP) is 1.01. The van der Waals surface area contributed by atoms with Crippen LogP contribution in [0.5, 0.6) is 0 Å². The van der Waals surface area contributed by atoms with Crippen molar-refractivity contribution in [3.63, 3.8) is 0 Å². The first-order valence-corrected chi connectivity index (χ1v) is 7.42. The molecule has 1 heterocycles. The van der Waals surface area contributed by atoms with Gasteiger partial charge in [0.15, 0.2) is 0 Å². The minimum absolute atomic E-state index is 0.0287. The smallest absolute Gasteiger partial charge is 0.241 e. The first-order chi connectivity index (χ1) is 9.97. The number of aliphatic hydroxyl groups excluding tert-OH is 1. The third-order valence-electron chi connectivity index (χ3n) is 3.93. The summed E-state index contributed by atoms with van der Waals surface area (Å²) in [6.45, 7) is 3.31. The van der Waals surface area contributed by atoms with Gasteiger partial charge in [0, 0.05) is 24.8 Å². The molecule has 0 bridgehead atoms. The van der Waals surface area contributed by atoms with Gasteiger partial charge in [0.25, 0.3) is 0 Å². The number of benzene rings is 1. The largest absolute Gasteiger partial charge is 0.392 e. The zero-order valence-electron chi connectivity index (χ0n) is 13.0. The lowest BCUT2D eigenvalue weighted by Gasteiger charge is -2.31. The Labute approximate surface area is 126 Å². The molecule has 5 heteroatoms. The fraction of sp³-hybridized carbons (Fsp3) is 0.562. The van der Waals surface area contributed by atoms with E-state index in [1.165, 1.54) is 0 Å². The summed E-state index contributed by atoms with van der Waals surface area (Å²) in [4.78, 5) is 16.6. The molecule has 5 nitrogen and oxygen atoms in total. The average Bonchev–Trinajstić information content (AvgIpc) is 2.79. The van der Waals surface area contributed by atoms with E-state index in [0.717, 1.165) is 18.7 Å². The fourth-order valence-corrected chi connectivity index (χ4v) is 2.91. The number of aliphatic hydroxyl groups is 1. The van der Waals surface area contributed by atoms with Gasteiger partial charge in [0.1, 0.15) is 0 Å². The second-order valence-electron chi connectivity index (χ2n) is 6.03. The molecular formula is C16H25N3O2. The van der Waals surface area contributed by atoms with E-state index in [2.05, 4.69) is 15.1 Å². The number of carbonyl (C=O) groups is 1. The van der Waals surface area contributed by atoms with Gasteiger partial charge in [0.05, 0.1) is 12.1 Å². The van der Waals surface area contributed by atoms with Crippen molar-refractivity contribution in [2.45, 2.75) is 31.5 Å². The normalized spacial score (nSPS) is 24.2. The number of carbonyl (C=O) groups excluding carboxylic acids is 1. The molecule has 116 valence electrons. The summed E-state index contributed by atoms with van der Waals surface area (Å²) in [5.74, 6) is -0.0287. The average molecular weight is 291 g/mol. The van der Waals surface area contributed by atoms with Crippen molar-refractivity contribution in [1.82, 2.24) is 9.80 Å². The summed E-state index contributed by atoms with van der Waals surface area (Å²) in [6.07, 6.45) is 0.378. The van der Waals surface area contributed by atoms with Crippen LogP contribution in [0.2, 0.25) is 0 Å². The van der Waals surface area contributed by atoms with Crippen molar-refractivity contribution in [2.75, 3.05) is 32.5 Å². The minimum atomic E-state index is -0.345. The molecule has 1 amide bonds. The predicted molar refractivity (Wildman–Crippen MR) is 84.2 cm³/mol. The van der Waals surface area contributed by atoms with Gasteiger partial charge in [-0.1, -0.05) is 18.2 Å². The maximum Gasteiger partial charge on any atom is 0.241 e. The van der Waals surface area contributed by atoms with Crippen molar-refractivity contribution in [2.24, 2.45) is 0 Å². The van der Waals surface area contributed by atoms with E-state index in [1.54, 1.807) is 0 Å². The summed E-state index contributed by atoms with van der Waals surface area (Å²) in [5, 5.41) is 12.8. The Bertz CT molecular complexity index is 464. The molecule has 1 saturated heterocycles. The van der Waals surface area contributed by atoms with Crippen LogP contribution in [0.25, 0.3) is 0 Å². The highest BCUT2D eigenvalue weighted by molar-refractivity contribution is 5.94. The standard InChI is InChI=1S/C16H25N3O2/c1-12(16(21)17-13-7-5-4-6-8-13)19-11-15(20)9-14(19)10-18(2)3/h4-8,12,14-15,20H,9-11H2,1-3H3,(H,17,21). The quantitative estimate of drug-likeness (QED) is 0.850. The maximum atomic E-state index is 12.4. The molecule has 1 fully saturated rings. The highest BCUT2D eigenvalue weighted by Crippen LogP contribution is 2.22. The van der Waals surface area contributed by atoms with E-state index in [-0.39, 0.29) is 24.1 Å². The first-order valence-electron chi connectivity index (χ1n) is 7.42. The molecule has 2 N–H and O–H groups in total. The van der Waals surface area contributed by atoms with E-state index < -0.39 is 0 Å². The number of rotatable bonds is 5. The summed E-state index contributed by atoms with van der Waals surface area (Å²) in [6, 6.07) is 9.42. The molecule has 3 unspecified atom stereocenters. The van der Waals surface area contributed by atoms with Crippen molar-refractivity contribution in [3.8, 4) is 0 Å². The van der Waals surface area contributed by atoms with Crippen molar-refractivity contribution < 1.29 is 9.90 Å². The number of para-hydroxylation sites is 1. The molecule has 21 heavy (non-hydrogen) atoms. The molecule has 0 aromatic heterocycles. The van der Waals surface area contributed by atoms with Crippen molar-refractivity contribution in [1.29, 1.82) is 0 Å². The van der Waals surface area contributed by atoms with Crippen LogP contribution in [-0.4, -0.2) is 66.2 Å². The number of hydrogen-bond acceptors (Lipinski definition) is 4. The fourth-order valence-electron chi connectivity index (χ4n) is 2.91. The zero-order chi connectivity index (χ0) is 15.4. The summed E-state index contributed by atoms with van der Waals surface area (Å²) in [5.41, 5.74) is 0.804. The van der Waals surface area contributed by atoms with Gasteiger partial charge < -0.3 is 15.3 Å². The number of nitrogens with zero attached hydrogens (tertiary/aromatic N) is 2. The molecule has 0 saturated carbocycles. The lowest BCUT2D eigenvalue weighted by Crippen LogP contribution is -2.48. The Hall–Kier alpha value is -1.43. The lowest BCUT2D eigenvalue weighted by molar-refractivity contribution is -0.121. The van der Waals surface area contributed by atoms with Crippen LogP contribution in [0.3, 0.4) is 0 Å². The number of anilines is 1. The topological polar surface area (TPSA) is 55.8 Å². The molecule has 1 aliphatic heterocycles. The van der Waals surface area contributed by atoms with Crippen LogP contribution in [0.4, 0.5) is 5.69 Å². The Kier molecular flexibility index (Phi) is 5.33. The number of amides is 1. The zero-order valence-corrected chi connectivity index (χ0v) is 13.0. The van der Waals surface area contributed by atoms with E-state index in [0.29, 0.717) is 6.54 Å². The summed E-state index contributed by atoms with van der Waals surface area (Å²) in [7, 11) is 4.02. The molecule has 0 aliphatic carbocycles. The molecule has 2 rings (SSSR count). The van der Waals surface area contributed by atoms with Gasteiger partial charge in [0.2, 0.25) is 5.91 Å². The SMILES string of the molecule is CC(C(=O)Nc1ccccc1)N1CC(O)CC1CN(C)C. The Morgan fingerprint density at radius 3 is 2.71 bits per heavy atom. The van der Waals surface area contributed by atoms with Gasteiger partial charge in [-0.15, -0.1) is 0 Å². The van der Waals surface area contributed by atoms with Crippen molar-refractivity contribution >= 4 is 11.6 Å². The van der Waals surface area contributed by atoms with Gasteiger partial charge in [-0.05, 0) is 39.6 Å². The van der Waals surface area contributed by atoms with Gasteiger partial charge >= 0.3 is 0 Å². The van der Waals surface area contributed by atoms with Gasteiger partial charge in [-0.25, -0.2) is 0 Å². The number of likely N-dealkylation sites (tertiary alicyclic amines) is 1. The van der Waals surface area contributed by atoms with Crippen LogP contribution >= 0.6 is 0 Å². The maximum absolute atomic E-state index is 12.4. The number of nitrogens with one attached hydrogen (secondary N) is 1. The van der Waals surface area contributed by atoms with E-state index in [4.69, 9.17) is 0 Å². The van der Waals surface area contributed by atoms with Crippen LogP contribution in [0, 0.1) is 0 Å². The number of likely N-dealkylation sites (N-methyl/N-ethyl adjacent to an activating group) is 1. The van der Waals surface area contributed by atoms with Crippen molar-refractivity contribution in [3.05, 3.63) is 30.3 Å². The Balaban J connectivity index is 2.00. The first kappa shape index (κ1) is 15.9. The monoisotopic (exact) mass is 291 g/mol. The molecule has 0 radical (unpaired) electrons. The van der Waals surface area contributed by atoms with Crippen LogP contribution < -0.4 is 5.32 Å². The molecule has 1 aromatic rings. The van der Waals surface area contributed by atoms with E-state index in [1.807, 2.05) is 51.4 Å². The highest BCUT2D eigenvalue weighted by atomic mass is 16.3. The van der Waals surface area contributed by atoms with Gasteiger partial charge in [-0.2, -0.15) is 0 Å². The summed E-state index contributed by atoms with van der Waals surface area (Å²) < 4.78 is 0. The molecule has 3 atom stereocenters. The molecule has 0 spiro atoms.